The second kappa shape index (κ2) is 6.93. The number of sulfonamides is 1. The highest BCUT2D eigenvalue weighted by Gasteiger charge is 2.30. The van der Waals surface area contributed by atoms with Crippen molar-refractivity contribution in [3.8, 4) is 11.3 Å². The third-order valence-electron chi connectivity index (χ3n) is 4.27. The summed E-state index contributed by atoms with van der Waals surface area (Å²) in [6.07, 6.45) is -0.861. The number of halogens is 3. The van der Waals surface area contributed by atoms with Gasteiger partial charge in [-0.1, -0.05) is 18.2 Å². The quantitative estimate of drug-likeness (QED) is 0.518. The molecule has 0 amide bonds. The fourth-order valence-corrected chi connectivity index (χ4v) is 3.90. The number of nitrogens with zero attached hydrogens (tertiary/aromatic N) is 2. The number of rotatable bonds is 4. The molecule has 4 rings (SSSR count). The van der Waals surface area contributed by atoms with Gasteiger partial charge in [0.2, 0.25) is 0 Å². The summed E-state index contributed by atoms with van der Waals surface area (Å²) in [6, 6.07) is 15.5. The molecule has 0 atom stereocenters. The van der Waals surface area contributed by atoms with Crippen molar-refractivity contribution in [1.29, 1.82) is 0 Å². The zero-order valence-corrected chi connectivity index (χ0v) is 15.6. The van der Waals surface area contributed by atoms with Gasteiger partial charge in [0.15, 0.2) is 0 Å². The normalized spacial score (nSPS) is 12.2. The predicted molar refractivity (Wildman–Crippen MR) is 103 cm³/mol. The highest BCUT2D eigenvalue weighted by Crippen LogP contribution is 2.30. The minimum absolute atomic E-state index is 0.261. The van der Waals surface area contributed by atoms with Crippen LogP contribution in [0.2, 0.25) is 0 Å². The highest BCUT2D eigenvalue weighted by atomic mass is 32.2. The average Bonchev–Trinajstić information content (AvgIpc) is 3.12. The number of pyridine rings is 1. The Bertz CT molecular complexity index is 1250. The molecule has 0 spiro atoms. The topological polar surface area (TPSA) is 63.5 Å². The lowest BCUT2D eigenvalue weighted by atomic mass is 10.1. The Morgan fingerprint density at radius 3 is 2.38 bits per heavy atom. The first-order valence-electron chi connectivity index (χ1n) is 8.47. The van der Waals surface area contributed by atoms with Gasteiger partial charge in [-0.15, -0.1) is 0 Å². The Morgan fingerprint density at radius 2 is 1.69 bits per heavy atom. The van der Waals surface area contributed by atoms with Crippen LogP contribution >= 0.6 is 0 Å². The van der Waals surface area contributed by atoms with Gasteiger partial charge >= 0.3 is 6.18 Å². The summed E-state index contributed by atoms with van der Waals surface area (Å²) in [5.41, 5.74) is 1.47. The van der Waals surface area contributed by atoms with Crippen molar-refractivity contribution >= 4 is 21.4 Å². The Morgan fingerprint density at radius 1 is 0.931 bits per heavy atom. The molecule has 0 radical (unpaired) electrons. The standard InChI is InChI=1S/C20H14F3N3O2S/c21-20(22,23)15-7-9-17(10-8-15)29(27,28)25-16-5-3-4-14(12-16)18-13-26-11-2-1-6-19(26)24-18/h1-13,25H. The number of hydrogen-bond donors (Lipinski definition) is 1. The summed E-state index contributed by atoms with van der Waals surface area (Å²) in [4.78, 5) is 4.23. The molecule has 5 nitrogen and oxygen atoms in total. The third-order valence-corrected chi connectivity index (χ3v) is 5.66. The van der Waals surface area contributed by atoms with Gasteiger partial charge in [0.05, 0.1) is 16.2 Å². The van der Waals surface area contributed by atoms with Crippen LogP contribution in [0.5, 0.6) is 0 Å². The number of imidazole rings is 1. The average molecular weight is 417 g/mol. The van der Waals surface area contributed by atoms with Crippen molar-refractivity contribution in [1.82, 2.24) is 9.38 Å². The van der Waals surface area contributed by atoms with Crippen molar-refractivity contribution in [2.75, 3.05) is 4.72 Å². The van der Waals surface area contributed by atoms with Gasteiger partial charge < -0.3 is 4.40 Å². The number of hydrogen-bond acceptors (Lipinski definition) is 3. The lowest BCUT2D eigenvalue weighted by Gasteiger charge is -2.11. The van der Waals surface area contributed by atoms with Crippen molar-refractivity contribution in [2.24, 2.45) is 0 Å². The van der Waals surface area contributed by atoms with Crippen LogP contribution in [0.1, 0.15) is 5.56 Å². The van der Waals surface area contributed by atoms with E-state index in [2.05, 4.69) is 9.71 Å². The molecule has 0 aliphatic rings. The zero-order valence-electron chi connectivity index (χ0n) is 14.8. The first-order chi connectivity index (χ1) is 13.7. The smallest absolute Gasteiger partial charge is 0.306 e. The molecule has 0 aliphatic carbocycles. The molecule has 0 bridgehead atoms. The van der Waals surface area contributed by atoms with Crippen LogP contribution in [-0.4, -0.2) is 17.8 Å². The SMILES string of the molecule is O=S(=O)(Nc1cccc(-c2cn3ccccc3n2)c1)c1ccc(C(F)(F)F)cc1. The van der Waals surface area contributed by atoms with Crippen LogP contribution < -0.4 is 4.72 Å². The van der Waals surface area contributed by atoms with Crippen LogP contribution in [0.25, 0.3) is 16.9 Å². The molecular formula is C20H14F3N3O2S. The molecule has 29 heavy (non-hydrogen) atoms. The fourth-order valence-electron chi connectivity index (χ4n) is 2.85. The molecule has 1 N–H and O–H groups in total. The molecular weight excluding hydrogens is 403 g/mol. The lowest BCUT2D eigenvalue weighted by Crippen LogP contribution is -2.13. The summed E-state index contributed by atoms with van der Waals surface area (Å²) in [6.45, 7) is 0. The first-order valence-corrected chi connectivity index (χ1v) is 9.95. The van der Waals surface area contributed by atoms with E-state index < -0.39 is 21.8 Å². The zero-order chi connectivity index (χ0) is 20.6. The van der Waals surface area contributed by atoms with Crippen LogP contribution in [0.4, 0.5) is 18.9 Å². The number of fused-ring (bicyclic) bond motifs is 1. The molecule has 0 saturated heterocycles. The Kier molecular flexibility index (Phi) is 4.54. The van der Waals surface area contributed by atoms with Crippen molar-refractivity contribution < 1.29 is 21.6 Å². The molecule has 148 valence electrons. The van der Waals surface area contributed by atoms with Gasteiger partial charge in [0, 0.05) is 23.6 Å². The molecule has 0 aliphatic heterocycles. The minimum Gasteiger partial charge on any atom is -0.306 e. The second-order valence-electron chi connectivity index (χ2n) is 6.30. The molecule has 2 heterocycles. The van der Waals surface area contributed by atoms with E-state index in [-0.39, 0.29) is 10.6 Å². The van der Waals surface area contributed by atoms with E-state index >= 15 is 0 Å². The molecule has 2 aromatic heterocycles. The van der Waals surface area contributed by atoms with E-state index in [0.29, 0.717) is 11.3 Å². The van der Waals surface area contributed by atoms with Gasteiger partial charge in [-0.2, -0.15) is 13.2 Å². The van der Waals surface area contributed by atoms with E-state index in [1.807, 2.05) is 35.0 Å². The monoisotopic (exact) mass is 417 g/mol. The van der Waals surface area contributed by atoms with Gasteiger partial charge in [0.1, 0.15) is 5.65 Å². The largest absolute Gasteiger partial charge is 0.416 e. The number of anilines is 1. The number of benzene rings is 2. The van der Waals surface area contributed by atoms with Crippen LogP contribution in [0.3, 0.4) is 0 Å². The summed E-state index contributed by atoms with van der Waals surface area (Å²) >= 11 is 0. The molecule has 0 fully saturated rings. The van der Waals surface area contributed by atoms with Gasteiger partial charge in [-0.25, -0.2) is 13.4 Å². The fraction of sp³-hybridized carbons (Fsp3) is 0.0500. The maximum Gasteiger partial charge on any atom is 0.416 e. The third kappa shape index (κ3) is 3.95. The summed E-state index contributed by atoms with van der Waals surface area (Å²) in [5.74, 6) is 0. The minimum atomic E-state index is -4.53. The summed E-state index contributed by atoms with van der Waals surface area (Å²) < 4.78 is 67.3. The predicted octanol–water partition coefficient (Wildman–Crippen LogP) is 4.82. The van der Waals surface area contributed by atoms with Gasteiger partial charge in [0.25, 0.3) is 10.0 Å². The molecule has 4 aromatic rings. The van der Waals surface area contributed by atoms with E-state index in [1.54, 1.807) is 24.3 Å². The van der Waals surface area contributed by atoms with E-state index in [0.717, 1.165) is 29.9 Å². The van der Waals surface area contributed by atoms with E-state index in [1.165, 1.54) is 0 Å². The van der Waals surface area contributed by atoms with E-state index in [9.17, 15) is 21.6 Å². The van der Waals surface area contributed by atoms with Crippen LogP contribution in [-0.2, 0) is 16.2 Å². The van der Waals surface area contributed by atoms with Gasteiger partial charge in [-0.3, -0.25) is 4.72 Å². The molecule has 2 aromatic carbocycles. The highest BCUT2D eigenvalue weighted by molar-refractivity contribution is 7.92. The molecule has 0 saturated carbocycles. The number of alkyl halides is 3. The summed E-state index contributed by atoms with van der Waals surface area (Å²) in [5, 5.41) is 0. The number of nitrogens with one attached hydrogen (secondary N) is 1. The Labute approximate surface area is 164 Å². The maximum atomic E-state index is 12.7. The lowest BCUT2D eigenvalue weighted by molar-refractivity contribution is -0.137. The van der Waals surface area contributed by atoms with Crippen molar-refractivity contribution in [3.63, 3.8) is 0 Å². The number of aromatic nitrogens is 2. The van der Waals surface area contributed by atoms with E-state index in [4.69, 9.17) is 0 Å². The maximum absolute atomic E-state index is 12.7. The molecule has 9 heteroatoms. The second-order valence-corrected chi connectivity index (χ2v) is 7.98. The molecule has 0 unspecified atom stereocenters. The van der Waals surface area contributed by atoms with Crippen molar-refractivity contribution in [2.45, 2.75) is 11.1 Å². The van der Waals surface area contributed by atoms with Crippen molar-refractivity contribution in [3.05, 3.63) is 84.7 Å². The van der Waals surface area contributed by atoms with Crippen LogP contribution in [0.15, 0.2) is 84.0 Å². The first kappa shape index (κ1) is 19.0. The van der Waals surface area contributed by atoms with Gasteiger partial charge in [-0.05, 0) is 48.5 Å². The summed E-state index contributed by atoms with van der Waals surface area (Å²) in [7, 11) is -4.04. The Hall–Kier alpha value is -3.33. The van der Waals surface area contributed by atoms with Crippen LogP contribution in [0, 0.1) is 0 Å². The Balaban J connectivity index is 1.61.